The number of piperidine rings is 1. The van der Waals surface area contributed by atoms with Gasteiger partial charge in [0.25, 0.3) is 0 Å². The van der Waals surface area contributed by atoms with Gasteiger partial charge in [-0.1, -0.05) is 23.7 Å². The maximum absolute atomic E-state index is 12.7. The lowest BCUT2D eigenvalue weighted by atomic mass is 9.97. The molecule has 0 saturated carbocycles. The lowest BCUT2D eigenvalue weighted by Gasteiger charge is -2.29. The zero-order valence-corrected chi connectivity index (χ0v) is 19.4. The van der Waals surface area contributed by atoms with Crippen molar-refractivity contribution >= 4 is 43.0 Å². The Morgan fingerprint density at radius 2 is 1.77 bits per heavy atom. The molecule has 1 N–H and O–H groups in total. The van der Waals surface area contributed by atoms with E-state index in [1.165, 1.54) is 16.8 Å². The number of halogens is 1. The molecule has 30 heavy (non-hydrogen) atoms. The van der Waals surface area contributed by atoms with Crippen molar-refractivity contribution in [3.63, 3.8) is 0 Å². The molecule has 0 aliphatic carbocycles. The van der Waals surface area contributed by atoms with E-state index in [0.717, 1.165) is 0 Å². The molecule has 11 heteroatoms. The fraction of sp³-hybridized carbons (Fsp3) is 0.474. The number of hydrogen-bond acceptors (Lipinski definition) is 7. The van der Waals surface area contributed by atoms with Crippen LogP contribution in [0.25, 0.3) is 0 Å². The minimum atomic E-state index is -3.50. The highest BCUT2D eigenvalue weighted by Gasteiger charge is 2.28. The Morgan fingerprint density at radius 1 is 1.13 bits per heavy atom. The molecule has 0 atom stereocenters. The molecule has 8 nitrogen and oxygen atoms in total. The van der Waals surface area contributed by atoms with Crippen LogP contribution in [-0.4, -0.2) is 55.7 Å². The second-order valence-corrected chi connectivity index (χ2v) is 12.4. The van der Waals surface area contributed by atoms with Crippen molar-refractivity contribution in [2.45, 2.75) is 42.8 Å². The lowest BCUT2D eigenvalue weighted by molar-refractivity contribution is 0.315. The Kier molecular flexibility index (Phi) is 6.71. The molecule has 3 rings (SSSR count). The van der Waals surface area contributed by atoms with E-state index < -0.39 is 25.1 Å². The second-order valence-electron chi connectivity index (χ2n) is 7.58. The Bertz CT molecular complexity index is 1130. The first-order valence-electron chi connectivity index (χ1n) is 9.57. The molecule has 0 unspecified atom stereocenters. The lowest BCUT2D eigenvalue weighted by Crippen LogP contribution is -2.37. The number of sulfone groups is 1. The fourth-order valence-corrected chi connectivity index (χ4v) is 5.52. The summed E-state index contributed by atoms with van der Waals surface area (Å²) in [6.45, 7) is 4.08. The van der Waals surface area contributed by atoms with Gasteiger partial charge in [0.1, 0.15) is 10.8 Å². The summed E-state index contributed by atoms with van der Waals surface area (Å²) < 4.78 is 50.3. The number of hydrogen-bond donors (Lipinski definition) is 1. The van der Waals surface area contributed by atoms with Gasteiger partial charge in [-0.3, -0.25) is 0 Å². The van der Waals surface area contributed by atoms with Gasteiger partial charge in [0, 0.05) is 19.0 Å². The van der Waals surface area contributed by atoms with Gasteiger partial charge in [-0.2, -0.15) is 0 Å². The van der Waals surface area contributed by atoms with E-state index in [-0.39, 0.29) is 15.8 Å². The van der Waals surface area contributed by atoms with E-state index in [4.69, 9.17) is 11.6 Å². The summed E-state index contributed by atoms with van der Waals surface area (Å²) in [4.78, 5) is 9.03. The number of para-hydroxylation sites is 1. The molecule has 0 amide bonds. The Hall–Kier alpha value is -1.75. The molecular weight excluding hydrogens is 448 g/mol. The molecule has 1 saturated heterocycles. The van der Waals surface area contributed by atoms with E-state index in [1.807, 2.05) is 0 Å². The van der Waals surface area contributed by atoms with Crippen LogP contribution in [0.1, 0.15) is 38.4 Å². The molecule has 1 aliphatic rings. The van der Waals surface area contributed by atoms with E-state index in [1.54, 1.807) is 38.1 Å². The summed E-state index contributed by atoms with van der Waals surface area (Å²) in [5.74, 6) is 0.869. The van der Waals surface area contributed by atoms with Gasteiger partial charge in [0.15, 0.2) is 15.7 Å². The van der Waals surface area contributed by atoms with Crippen LogP contribution in [0.5, 0.6) is 0 Å². The molecular formula is C19H25ClN4O4S2. The molecule has 1 aliphatic heterocycles. The maximum atomic E-state index is 12.7. The van der Waals surface area contributed by atoms with Crippen molar-refractivity contribution in [2.24, 2.45) is 0 Å². The Labute approximate surface area is 182 Å². The topological polar surface area (TPSA) is 109 Å². The maximum Gasteiger partial charge on any atom is 0.211 e. The van der Waals surface area contributed by atoms with Crippen molar-refractivity contribution < 1.29 is 16.8 Å². The minimum Gasteiger partial charge on any atom is -0.338 e. The molecule has 0 radical (unpaired) electrons. The van der Waals surface area contributed by atoms with Crippen molar-refractivity contribution in [1.82, 2.24) is 14.3 Å². The molecule has 1 aromatic carbocycles. The first-order valence-corrected chi connectivity index (χ1v) is 13.3. The Balaban J connectivity index is 1.87. The largest absolute Gasteiger partial charge is 0.338 e. The molecule has 2 aromatic rings. The van der Waals surface area contributed by atoms with Gasteiger partial charge in [0.2, 0.25) is 10.0 Å². The SMILES string of the molecule is CC(C)S(=O)(=O)c1ccccc1Nc1nc(C2CCN(S(C)(=O)=O)CC2)ncc1Cl. The summed E-state index contributed by atoms with van der Waals surface area (Å²) in [5, 5.41) is 2.74. The fourth-order valence-electron chi connectivity index (χ4n) is 3.31. The average Bonchev–Trinajstić information content (AvgIpc) is 2.69. The number of aromatic nitrogens is 2. The average molecular weight is 473 g/mol. The van der Waals surface area contributed by atoms with Crippen LogP contribution in [-0.2, 0) is 19.9 Å². The van der Waals surface area contributed by atoms with Crippen LogP contribution in [0.2, 0.25) is 5.02 Å². The first-order chi connectivity index (χ1) is 14.0. The highest BCUT2D eigenvalue weighted by Crippen LogP contribution is 2.32. The molecule has 1 aromatic heterocycles. The van der Waals surface area contributed by atoms with Crippen LogP contribution in [0.15, 0.2) is 35.4 Å². The normalized spacial score (nSPS) is 16.7. The van der Waals surface area contributed by atoms with Gasteiger partial charge in [-0.15, -0.1) is 0 Å². The summed E-state index contributed by atoms with van der Waals surface area (Å²) in [6, 6.07) is 6.62. The van der Waals surface area contributed by atoms with Crippen LogP contribution in [0.4, 0.5) is 11.5 Å². The predicted molar refractivity (Wildman–Crippen MR) is 117 cm³/mol. The smallest absolute Gasteiger partial charge is 0.211 e. The van der Waals surface area contributed by atoms with Crippen molar-refractivity contribution in [3.05, 3.63) is 41.3 Å². The molecule has 0 spiro atoms. The number of benzene rings is 1. The van der Waals surface area contributed by atoms with Gasteiger partial charge in [-0.25, -0.2) is 31.1 Å². The van der Waals surface area contributed by atoms with E-state index >= 15 is 0 Å². The van der Waals surface area contributed by atoms with Crippen LogP contribution >= 0.6 is 11.6 Å². The van der Waals surface area contributed by atoms with Crippen LogP contribution < -0.4 is 5.32 Å². The predicted octanol–water partition coefficient (Wildman–Crippen LogP) is 3.19. The third-order valence-electron chi connectivity index (χ3n) is 5.12. The summed E-state index contributed by atoms with van der Waals surface area (Å²) in [7, 11) is -6.71. The monoisotopic (exact) mass is 472 g/mol. The van der Waals surface area contributed by atoms with E-state index in [9.17, 15) is 16.8 Å². The van der Waals surface area contributed by atoms with Gasteiger partial charge in [0.05, 0.1) is 28.3 Å². The number of nitrogens with one attached hydrogen (secondary N) is 1. The third-order valence-corrected chi connectivity index (χ3v) is 8.91. The van der Waals surface area contributed by atoms with Crippen LogP contribution in [0, 0.1) is 0 Å². The first kappa shape index (κ1) is 22.9. The highest BCUT2D eigenvalue weighted by atomic mass is 35.5. The molecule has 1 fully saturated rings. The number of anilines is 2. The number of nitrogens with zero attached hydrogens (tertiary/aromatic N) is 3. The summed E-state index contributed by atoms with van der Waals surface area (Å²) in [6.07, 6.45) is 3.89. The zero-order chi connectivity index (χ0) is 22.1. The van der Waals surface area contributed by atoms with E-state index in [0.29, 0.717) is 43.3 Å². The van der Waals surface area contributed by atoms with Crippen molar-refractivity contribution in [1.29, 1.82) is 0 Å². The van der Waals surface area contributed by atoms with Crippen LogP contribution in [0.3, 0.4) is 0 Å². The zero-order valence-electron chi connectivity index (χ0n) is 17.0. The van der Waals surface area contributed by atoms with Crippen molar-refractivity contribution in [3.8, 4) is 0 Å². The highest BCUT2D eigenvalue weighted by molar-refractivity contribution is 7.92. The number of sulfonamides is 1. The van der Waals surface area contributed by atoms with Gasteiger partial charge in [-0.05, 0) is 38.8 Å². The number of rotatable bonds is 6. The second kappa shape index (κ2) is 8.78. The Morgan fingerprint density at radius 3 is 2.37 bits per heavy atom. The molecule has 2 heterocycles. The van der Waals surface area contributed by atoms with Crippen molar-refractivity contribution in [2.75, 3.05) is 24.7 Å². The molecule has 164 valence electrons. The minimum absolute atomic E-state index is 0.00421. The van der Waals surface area contributed by atoms with Gasteiger partial charge >= 0.3 is 0 Å². The third kappa shape index (κ3) is 4.93. The quantitative estimate of drug-likeness (QED) is 0.687. The van der Waals surface area contributed by atoms with Gasteiger partial charge < -0.3 is 5.32 Å². The van der Waals surface area contributed by atoms with E-state index in [2.05, 4.69) is 15.3 Å². The molecule has 0 bridgehead atoms. The summed E-state index contributed by atoms with van der Waals surface area (Å²) in [5.41, 5.74) is 0.393. The summed E-state index contributed by atoms with van der Waals surface area (Å²) >= 11 is 6.27. The standard InChI is InChI=1S/C19H25ClN4O4S2/c1-13(2)30(27,28)17-7-5-4-6-16(17)22-19-15(20)12-21-18(23-19)14-8-10-24(11-9-14)29(3,25)26/h4-7,12-14H,8-11H2,1-3H3,(H,21,22,23).